The highest BCUT2D eigenvalue weighted by Crippen LogP contribution is 2.09. The van der Waals surface area contributed by atoms with Gasteiger partial charge < -0.3 is 5.73 Å². The summed E-state index contributed by atoms with van der Waals surface area (Å²) in [6.45, 7) is 8.38. The third-order valence-electron chi connectivity index (χ3n) is 2.09. The summed E-state index contributed by atoms with van der Waals surface area (Å²) < 4.78 is 0. The maximum absolute atomic E-state index is 5.60. The molecule has 62 valence electrons. The number of likely N-dealkylation sites (N-methyl/N-ethyl adjacent to an activating group) is 1. The van der Waals surface area contributed by atoms with Gasteiger partial charge in [-0.2, -0.15) is 0 Å². The van der Waals surface area contributed by atoms with E-state index in [1.807, 2.05) is 0 Å². The van der Waals surface area contributed by atoms with Gasteiger partial charge in [-0.3, -0.25) is 4.90 Å². The van der Waals surface area contributed by atoms with E-state index in [1.165, 1.54) is 6.42 Å². The molecule has 2 heteroatoms. The molecule has 0 aliphatic heterocycles. The van der Waals surface area contributed by atoms with Gasteiger partial charge in [0.05, 0.1) is 0 Å². The summed E-state index contributed by atoms with van der Waals surface area (Å²) in [7, 11) is 2.12. The Kier molecular flexibility index (Phi) is 3.91. The van der Waals surface area contributed by atoms with Crippen molar-refractivity contribution in [3.8, 4) is 0 Å². The second-order valence-corrected chi connectivity index (χ2v) is 3.44. The quantitative estimate of drug-likeness (QED) is 0.639. The molecular formula is C8H20N2. The Hall–Kier alpha value is -0.0800. The molecule has 0 amide bonds. The molecule has 0 aliphatic rings. The molecule has 0 aliphatic carbocycles. The zero-order chi connectivity index (χ0) is 8.20. The van der Waals surface area contributed by atoms with Crippen molar-refractivity contribution in [2.45, 2.75) is 32.7 Å². The lowest BCUT2D eigenvalue weighted by Gasteiger charge is -2.34. The highest BCUT2D eigenvalue weighted by molar-refractivity contribution is 4.79. The predicted octanol–water partition coefficient (Wildman–Crippen LogP) is 1.07. The van der Waals surface area contributed by atoms with Crippen LogP contribution in [0.3, 0.4) is 0 Å². The van der Waals surface area contributed by atoms with Crippen molar-refractivity contribution in [3.63, 3.8) is 0 Å². The first kappa shape index (κ1) is 9.92. The molecule has 0 atom stereocenters. The number of hydrogen-bond acceptors (Lipinski definition) is 2. The van der Waals surface area contributed by atoms with Gasteiger partial charge in [0.25, 0.3) is 0 Å². The van der Waals surface area contributed by atoms with Gasteiger partial charge in [0.2, 0.25) is 0 Å². The van der Waals surface area contributed by atoms with Crippen LogP contribution in [0.4, 0.5) is 0 Å². The Balaban J connectivity index is 3.78. The molecule has 0 aromatic heterocycles. The standard InChI is InChI=1S/C8H20N2/c1-5-6-10(4)8(2,3)7-9/h5-7,9H2,1-4H3. The first-order valence-corrected chi connectivity index (χ1v) is 3.96. The summed E-state index contributed by atoms with van der Waals surface area (Å²) in [5, 5.41) is 0. The van der Waals surface area contributed by atoms with Crippen molar-refractivity contribution >= 4 is 0 Å². The Labute approximate surface area is 64.4 Å². The van der Waals surface area contributed by atoms with E-state index in [4.69, 9.17) is 5.73 Å². The lowest BCUT2D eigenvalue weighted by atomic mass is 10.0. The van der Waals surface area contributed by atoms with Gasteiger partial charge in [0.1, 0.15) is 0 Å². The lowest BCUT2D eigenvalue weighted by molar-refractivity contribution is 0.164. The smallest absolute Gasteiger partial charge is 0.0272 e. The first-order chi connectivity index (χ1) is 4.54. The number of rotatable bonds is 4. The van der Waals surface area contributed by atoms with Crippen LogP contribution in [-0.4, -0.2) is 30.6 Å². The number of nitrogens with two attached hydrogens (primary N) is 1. The zero-order valence-electron chi connectivity index (χ0n) is 7.65. The minimum absolute atomic E-state index is 0.163. The van der Waals surface area contributed by atoms with E-state index in [0.29, 0.717) is 0 Å². The Bertz CT molecular complexity index is 89.3. The zero-order valence-corrected chi connectivity index (χ0v) is 7.65. The topological polar surface area (TPSA) is 29.3 Å². The van der Waals surface area contributed by atoms with Crippen LogP contribution >= 0.6 is 0 Å². The fraction of sp³-hybridized carbons (Fsp3) is 1.00. The van der Waals surface area contributed by atoms with Crippen molar-refractivity contribution in [3.05, 3.63) is 0 Å². The molecule has 0 fully saturated rings. The average Bonchev–Trinajstić information content (AvgIpc) is 1.89. The molecule has 0 saturated carbocycles. The van der Waals surface area contributed by atoms with Crippen LogP contribution in [0.15, 0.2) is 0 Å². The molecule has 10 heavy (non-hydrogen) atoms. The number of nitrogens with zero attached hydrogens (tertiary/aromatic N) is 1. The second-order valence-electron chi connectivity index (χ2n) is 3.44. The van der Waals surface area contributed by atoms with Crippen LogP contribution in [-0.2, 0) is 0 Å². The highest BCUT2D eigenvalue weighted by atomic mass is 15.2. The summed E-state index contributed by atoms with van der Waals surface area (Å²) in [5.41, 5.74) is 5.76. The normalized spacial score (nSPS) is 12.6. The second kappa shape index (κ2) is 3.94. The van der Waals surface area contributed by atoms with Crippen LogP contribution in [0.1, 0.15) is 27.2 Å². The molecule has 0 aromatic rings. The van der Waals surface area contributed by atoms with Crippen LogP contribution in [0.2, 0.25) is 0 Å². The van der Waals surface area contributed by atoms with Crippen LogP contribution in [0.5, 0.6) is 0 Å². The molecule has 2 nitrogen and oxygen atoms in total. The van der Waals surface area contributed by atoms with Gasteiger partial charge in [0.15, 0.2) is 0 Å². The molecular weight excluding hydrogens is 124 g/mol. The maximum Gasteiger partial charge on any atom is 0.0272 e. The van der Waals surface area contributed by atoms with Crippen molar-refractivity contribution < 1.29 is 0 Å². The van der Waals surface area contributed by atoms with E-state index in [1.54, 1.807) is 0 Å². The van der Waals surface area contributed by atoms with E-state index >= 15 is 0 Å². The Morgan fingerprint density at radius 1 is 1.40 bits per heavy atom. The van der Waals surface area contributed by atoms with E-state index in [9.17, 15) is 0 Å². The van der Waals surface area contributed by atoms with Gasteiger partial charge in [-0.25, -0.2) is 0 Å². The Morgan fingerprint density at radius 2 is 1.90 bits per heavy atom. The van der Waals surface area contributed by atoms with Gasteiger partial charge >= 0.3 is 0 Å². The molecule has 2 N–H and O–H groups in total. The fourth-order valence-corrected chi connectivity index (χ4v) is 0.794. The van der Waals surface area contributed by atoms with Crippen molar-refractivity contribution in [2.75, 3.05) is 20.1 Å². The van der Waals surface area contributed by atoms with E-state index < -0.39 is 0 Å². The largest absolute Gasteiger partial charge is 0.329 e. The van der Waals surface area contributed by atoms with Crippen molar-refractivity contribution in [1.29, 1.82) is 0 Å². The maximum atomic E-state index is 5.60. The lowest BCUT2D eigenvalue weighted by Crippen LogP contribution is -2.47. The van der Waals surface area contributed by atoms with Crippen LogP contribution in [0, 0.1) is 0 Å². The van der Waals surface area contributed by atoms with Gasteiger partial charge in [-0.1, -0.05) is 6.92 Å². The predicted molar refractivity (Wildman–Crippen MR) is 46.1 cm³/mol. The van der Waals surface area contributed by atoms with E-state index in [-0.39, 0.29) is 5.54 Å². The summed E-state index contributed by atoms with van der Waals surface area (Å²) in [4.78, 5) is 2.30. The monoisotopic (exact) mass is 144 g/mol. The third-order valence-corrected chi connectivity index (χ3v) is 2.09. The highest BCUT2D eigenvalue weighted by Gasteiger charge is 2.19. The molecule has 0 radical (unpaired) electrons. The van der Waals surface area contributed by atoms with Crippen molar-refractivity contribution in [1.82, 2.24) is 4.90 Å². The molecule has 0 heterocycles. The summed E-state index contributed by atoms with van der Waals surface area (Å²) in [5.74, 6) is 0. The van der Waals surface area contributed by atoms with Crippen LogP contribution < -0.4 is 5.73 Å². The molecule has 0 saturated heterocycles. The fourth-order valence-electron chi connectivity index (χ4n) is 0.794. The van der Waals surface area contributed by atoms with Gasteiger partial charge in [-0.05, 0) is 33.9 Å². The SMILES string of the molecule is CCCN(C)C(C)(C)CN. The van der Waals surface area contributed by atoms with Crippen molar-refractivity contribution in [2.24, 2.45) is 5.73 Å². The van der Waals surface area contributed by atoms with E-state index in [0.717, 1.165) is 13.1 Å². The molecule has 0 rings (SSSR count). The minimum atomic E-state index is 0.163. The van der Waals surface area contributed by atoms with Gasteiger partial charge in [-0.15, -0.1) is 0 Å². The molecule has 0 unspecified atom stereocenters. The summed E-state index contributed by atoms with van der Waals surface area (Å²) in [6.07, 6.45) is 1.19. The minimum Gasteiger partial charge on any atom is -0.329 e. The number of hydrogen-bond donors (Lipinski definition) is 1. The molecule has 0 spiro atoms. The average molecular weight is 144 g/mol. The molecule has 0 aromatic carbocycles. The summed E-state index contributed by atoms with van der Waals surface area (Å²) >= 11 is 0. The molecule has 0 bridgehead atoms. The van der Waals surface area contributed by atoms with E-state index in [2.05, 4.69) is 32.7 Å². The Morgan fingerprint density at radius 3 is 2.20 bits per heavy atom. The third kappa shape index (κ3) is 2.67. The van der Waals surface area contributed by atoms with Crippen LogP contribution in [0.25, 0.3) is 0 Å². The van der Waals surface area contributed by atoms with Gasteiger partial charge in [0, 0.05) is 12.1 Å². The first-order valence-electron chi connectivity index (χ1n) is 3.96. The summed E-state index contributed by atoms with van der Waals surface area (Å²) in [6, 6.07) is 0.